The summed E-state index contributed by atoms with van der Waals surface area (Å²) in [4.78, 5) is 22.1. The van der Waals surface area contributed by atoms with E-state index in [0.717, 1.165) is 5.56 Å². The van der Waals surface area contributed by atoms with Gasteiger partial charge in [0.2, 0.25) is 5.91 Å². The molecule has 0 heterocycles. The smallest absolute Gasteiger partial charge is 0.269 e. The molecular formula is C14H21N3O3. The van der Waals surface area contributed by atoms with Crippen LogP contribution in [-0.4, -0.2) is 23.9 Å². The van der Waals surface area contributed by atoms with Crippen LogP contribution in [0.25, 0.3) is 0 Å². The lowest BCUT2D eigenvalue weighted by Gasteiger charge is -2.23. The van der Waals surface area contributed by atoms with Crippen LogP contribution in [0.3, 0.4) is 0 Å². The Balaban J connectivity index is 2.54. The van der Waals surface area contributed by atoms with Crippen LogP contribution in [0.5, 0.6) is 0 Å². The van der Waals surface area contributed by atoms with E-state index in [1.807, 2.05) is 26.8 Å². The summed E-state index contributed by atoms with van der Waals surface area (Å²) in [7, 11) is 0. The number of non-ortho nitro benzene ring substituents is 1. The quantitative estimate of drug-likeness (QED) is 0.589. The number of amides is 1. The minimum absolute atomic E-state index is 0.00783. The van der Waals surface area contributed by atoms with Crippen molar-refractivity contribution in [3.63, 3.8) is 0 Å². The summed E-state index contributed by atoms with van der Waals surface area (Å²) in [6.07, 6.45) is 0. The molecule has 0 aliphatic rings. The molecule has 1 aromatic rings. The van der Waals surface area contributed by atoms with Gasteiger partial charge in [-0.15, -0.1) is 0 Å². The average molecular weight is 279 g/mol. The molecule has 0 radical (unpaired) electrons. The topological polar surface area (TPSA) is 84.3 Å². The van der Waals surface area contributed by atoms with Crippen LogP contribution < -0.4 is 10.6 Å². The van der Waals surface area contributed by atoms with E-state index in [1.165, 1.54) is 12.1 Å². The molecule has 0 aromatic heterocycles. The monoisotopic (exact) mass is 279 g/mol. The van der Waals surface area contributed by atoms with Crippen LogP contribution in [0.1, 0.15) is 26.3 Å². The fourth-order valence-corrected chi connectivity index (χ4v) is 1.78. The predicted octanol–water partition coefficient (Wildman–Crippen LogP) is 1.85. The second-order valence-corrected chi connectivity index (χ2v) is 5.27. The molecule has 0 fully saturated rings. The van der Waals surface area contributed by atoms with Gasteiger partial charge in [0.25, 0.3) is 5.69 Å². The molecule has 0 spiro atoms. The molecule has 1 aromatic carbocycles. The second-order valence-electron chi connectivity index (χ2n) is 5.27. The fraction of sp³-hybridized carbons (Fsp3) is 0.500. The molecule has 6 heteroatoms. The number of carbonyl (C=O) groups excluding carboxylic acids is 1. The first-order valence-corrected chi connectivity index (χ1v) is 6.59. The largest absolute Gasteiger partial charge is 0.356 e. The number of hydrogen-bond acceptors (Lipinski definition) is 4. The van der Waals surface area contributed by atoms with Crippen LogP contribution in [0.15, 0.2) is 24.3 Å². The van der Waals surface area contributed by atoms with Crippen LogP contribution in [0.2, 0.25) is 0 Å². The van der Waals surface area contributed by atoms with Crippen LogP contribution in [0, 0.1) is 15.5 Å². The highest BCUT2D eigenvalue weighted by atomic mass is 16.6. The van der Waals surface area contributed by atoms with Crippen LogP contribution in [-0.2, 0) is 11.3 Å². The van der Waals surface area contributed by atoms with Crippen molar-refractivity contribution >= 4 is 11.6 Å². The van der Waals surface area contributed by atoms with E-state index in [4.69, 9.17) is 0 Å². The van der Waals surface area contributed by atoms with Gasteiger partial charge in [0.15, 0.2) is 0 Å². The molecule has 0 aliphatic heterocycles. The predicted molar refractivity (Wildman–Crippen MR) is 77.3 cm³/mol. The summed E-state index contributed by atoms with van der Waals surface area (Å²) in [5.41, 5.74) is 0.384. The summed E-state index contributed by atoms with van der Waals surface area (Å²) < 4.78 is 0. The first-order chi connectivity index (χ1) is 9.36. The zero-order chi connectivity index (χ0) is 15.2. The molecule has 0 saturated carbocycles. The molecule has 0 bridgehead atoms. The van der Waals surface area contributed by atoms with E-state index in [1.54, 1.807) is 6.07 Å². The van der Waals surface area contributed by atoms with Gasteiger partial charge >= 0.3 is 0 Å². The third-order valence-corrected chi connectivity index (χ3v) is 2.97. The number of rotatable bonds is 7. The minimum atomic E-state index is -0.517. The molecule has 1 rings (SSSR count). The highest BCUT2D eigenvalue weighted by Crippen LogP contribution is 2.15. The Kier molecular flexibility index (Phi) is 5.64. The zero-order valence-electron chi connectivity index (χ0n) is 12.1. The minimum Gasteiger partial charge on any atom is -0.356 e. The van der Waals surface area contributed by atoms with Gasteiger partial charge in [0.05, 0.1) is 10.3 Å². The molecule has 0 unspecified atom stereocenters. The van der Waals surface area contributed by atoms with Gasteiger partial charge in [-0.05, 0) is 26.3 Å². The Morgan fingerprint density at radius 3 is 2.70 bits per heavy atom. The lowest BCUT2D eigenvalue weighted by atomic mass is 9.92. The van der Waals surface area contributed by atoms with Gasteiger partial charge in [0, 0.05) is 31.8 Å². The fourth-order valence-electron chi connectivity index (χ4n) is 1.78. The van der Waals surface area contributed by atoms with Crippen LogP contribution in [0.4, 0.5) is 5.69 Å². The Bertz CT molecular complexity index is 486. The van der Waals surface area contributed by atoms with Crippen molar-refractivity contribution in [2.24, 2.45) is 5.41 Å². The van der Waals surface area contributed by atoms with Gasteiger partial charge in [0.1, 0.15) is 0 Å². The molecule has 0 atom stereocenters. The molecule has 110 valence electrons. The maximum absolute atomic E-state index is 11.8. The average Bonchev–Trinajstić information content (AvgIpc) is 2.39. The number of nitro benzene ring substituents is 1. The van der Waals surface area contributed by atoms with Gasteiger partial charge < -0.3 is 10.6 Å². The van der Waals surface area contributed by atoms with Gasteiger partial charge in [-0.3, -0.25) is 14.9 Å². The summed E-state index contributed by atoms with van der Waals surface area (Å²) in [6.45, 7) is 7.20. The van der Waals surface area contributed by atoms with E-state index >= 15 is 0 Å². The van der Waals surface area contributed by atoms with Crippen molar-refractivity contribution < 1.29 is 9.72 Å². The Morgan fingerprint density at radius 2 is 2.10 bits per heavy atom. The molecule has 2 N–H and O–H groups in total. The second kappa shape index (κ2) is 7.00. The summed E-state index contributed by atoms with van der Waals surface area (Å²) in [6, 6.07) is 6.47. The third-order valence-electron chi connectivity index (χ3n) is 2.97. The number of hydrogen-bond donors (Lipinski definition) is 2. The van der Waals surface area contributed by atoms with Crippen molar-refractivity contribution in [1.29, 1.82) is 0 Å². The number of nitro groups is 1. The summed E-state index contributed by atoms with van der Waals surface area (Å²) >= 11 is 0. The Hall–Kier alpha value is -1.95. The van der Waals surface area contributed by atoms with E-state index < -0.39 is 10.3 Å². The maximum Gasteiger partial charge on any atom is 0.269 e. The summed E-state index contributed by atoms with van der Waals surface area (Å²) in [5.74, 6) is -0.00783. The number of nitrogens with one attached hydrogen (secondary N) is 2. The molecule has 1 amide bonds. The first kappa shape index (κ1) is 16.1. The Morgan fingerprint density at radius 1 is 1.40 bits per heavy atom. The van der Waals surface area contributed by atoms with Crippen molar-refractivity contribution in [3.05, 3.63) is 39.9 Å². The van der Waals surface area contributed by atoms with Crippen molar-refractivity contribution in [2.45, 2.75) is 27.3 Å². The van der Waals surface area contributed by atoms with Crippen molar-refractivity contribution in [2.75, 3.05) is 13.1 Å². The summed E-state index contributed by atoms with van der Waals surface area (Å²) in [5, 5.41) is 16.6. The highest BCUT2D eigenvalue weighted by molar-refractivity contribution is 5.81. The normalized spacial score (nSPS) is 11.2. The van der Waals surface area contributed by atoms with Crippen LogP contribution >= 0.6 is 0 Å². The van der Waals surface area contributed by atoms with Gasteiger partial charge in [-0.2, -0.15) is 0 Å². The van der Waals surface area contributed by atoms with E-state index in [9.17, 15) is 14.9 Å². The first-order valence-electron chi connectivity index (χ1n) is 6.59. The third kappa shape index (κ3) is 4.62. The molecule has 20 heavy (non-hydrogen) atoms. The van der Waals surface area contributed by atoms with Gasteiger partial charge in [-0.1, -0.05) is 12.1 Å². The Labute approximate surface area is 118 Å². The molecule has 0 saturated heterocycles. The standard InChI is InChI=1S/C14H21N3O3/c1-4-16-13(18)14(2,3)10-15-9-11-6-5-7-12(8-11)17(19)20/h5-8,15H,4,9-10H2,1-3H3,(H,16,18). The molecular weight excluding hydrogens is 258 g/mol. The number of benzene rings is 1. The number of carbonyl (C=O) groups is 1. The van der Waals surface area contributed by atoms with Gasteiger partial charge in [-0.25, -0.2) is 0 Å². The highest BCUT2D eigenvalue weighted by Gasteiger charge is 2.26. The van der Waals surface area contributed by atoms with E-state index in [2.05, 4.69) is 10.6 Å². The lowest BCUT2D eigenvalue weighted by Crippen LogP contribution is -2.43. The molecule has 6 nitrogen and oxygen atoms in total. The zero-order valence-corrected chi connectivity index (χ0v) is 12.1. The maximum atomic E-state index is 11.8. The van der Waals surface area contributed by atoms with E-state index in [-0.39, 0.29) is 11.6 Å². The van der Waals surface area contributed by atoms with Crippen molar-refractivity contribution in [3.8, 4) is 0 Å². The molecule has 0 aliphatic carbocycles. The number of nitrogens with zero attached hydrogens (tertiary/aromatic N) is 1. The lowest BCUT2D eigenvalue weighted by molar-refractivity contribution is -0.384. The van der Waals surface area contributed by atoms with E-state index in [0.29, 0.717) is 19.6 Å². The SMILES string of the molecule is CCNC(=O)C(C)(C)CNCc1cccc([N+](=O)[O-])c1. The van der Waals surface area contributed by atoms with Crippen molar-refractivity contribution in [1.82, 2.24) is 10.6 Å².